The molecule has 1 rings (SSSR count). The van der Waals surface area contributed by atoms with Gasteiger partial charge in [0.2, 0.25) is 0 Å². The Balaban J connectivity index is 2.68. The third-order valence-corrected chi connectivity index (χ3v) is 2.48. The number of carbonyl (C=O) groups excluding carboxylic acids is 1. The lowest BCUT2D eigenvalue weighted by atomic mass is 10.2. The molecule has 0 atom stereocenters. The van der Waals surface area contributed by atoms with Crippen LogP contribution < -0.4 is 14.8 Å². The van der Waals surface area contributed by atoms with Crippen LogP contribution in [0.2, 0.25) is 0 Å². The lowest BCUT2D eigenvalue weighted by molar-refractivity contribution is -0.123. The first-order chi connectivity index (χ1) is 9.43. The smallest absolute Gasteiger partial charge is 0.335 e. The van der Waals surface area contributed by atoms with Crippen molar-refractivity contribution in [2.45, 2.75) is 13.8 Å². The van der Waals surface area contributed by atoms with Gasteiger partial charge < -0.3 is 19.9 Å². The SMILES string of the molecule is COc1ccc(C(=O)O)cc1OCC(=O)NCC(C)C. The Morgan fingerprint density at radius 3 is 2.55 bits per heavy atom. The number of carbonyl (C=O) groups is 2. The van der Waals surface area contributed by atoms with E-state index in [1.54, 1.807) is 0 Å². The fourth-order valence-electron chi connectivity index (χ4n) is 1.43. The van der Waals surface area contributed by atoms with Gasteiger partial charge in [0.05, 0.1) is 12.7 Å². The molecule has 0 aliphatic heterocycles. The molecule has 20 heavy (non-hydrogen) atoms. The van der Waals surface area contributed by atoms with E-state index in [9.17, 15) is 9.59 Å². The van der Waals surface area contributed by atoms with Gasteiger partial charge in [-0.25, -0.2) is 4.79 Å². The zero-order valence-electron chi connectivity index (χ0n) is 11.8. The number of benzene rings is 1. The molecule has 0 bridgehead atoms. The van der Waals surface area contributed by atoms with E-state index in [0.29, 0.717) is 18.2 Å². The Kier molecular flexibility index (Phi) is 5.83. The largest absolute Gasteiger partial charge is 0.493 e. The lowest BCUT2D eigenvalue weighted by Gasteiger charge is -2.12. The van der Waals surface area contributed by atoms with Crippen LogP contribution in [0, 0.1) is 5.92 Å². The second-order valence-electron chi connectivity index (χ2n) is 4.66. The van der Waals surface area contributed by atoms with Gasteiger partial charge in [0, 0.05) is 6.54 Å². The van der Waals surface area contributed by atoms with E-state index in [-0.39, 0.29) is 23.8 Å². The second-order valence-corrected chi connectivity index (χ2v) is 4.66. The molecule has 0 unspecified atom stereocenters. The second kappa shape index (κ2) is 7.37. The standard InChI is InChI=1S/C14H19NO5/c1-9(2)7-15-13(16)8-20-12-6-10(14(17)18)4-5-11(12)19-3/h4-6,9H,7-8H2,1-3H3,(H,15,16)(H,17,18). The molecule has 0 fully saturated rings. The molecular formula is C14H19NO5. The summed E-state index contributed by atoms with van der Waals surface area (Å²) in [7, 11) is 1.45. The summed E-state index contributed by atoms with van der Waals surface area (Å²) in [4.78, 5) is 22.4. The highest BCUT2D eigenvalue weighted by atomic mass is 16.5. The summed E-state index contributed by atoms with van der Waals surface area (Å²) < 4.78 is 10.4. The molecule has 6 nitrogen and oxygen atoms in total. The molecule has 0 saturated carbocycles. The van der Waals surface area contributed by atoms with E-state index in [1.807, 2.05) is 13.8 Å². The number of carboxylic acid groups (broad SMARTS) is 1. The highest BCUT2D eigenvalue weighted by Gasteiger charge is 2.11. The first-order valence-electron chi connectivity index (χ1n) is 6.25. The number of amides is 1. The third-order valence-electron chi connectivity index (χ3n) is 2.48. The molecule has 0 heterocycles. The van der Waals surface area contributed by atoms with Crippen LogP contribution in [-0.2, 0) is 4.79 Å². The van der Waals surface area contributed by atoms with Gasteiger partial charge in [-0.1, -0.05) is 13.8 Å². The van der Waals surface area contributed by atoms with Crippen molar-refractivity contribution in [1.82, 2.24) is 5.32 Å². The van der Waals surface area contributed by atoms with E-state index in [2.05, 4.69) is 5.32 Å². The van der Waals surface area contributed by atoms with Crippen LogP contribution in [0.25, 0.3) is 0 Å². The van der Waals surface area contributed by atoms with Crippen LogP contribution in [0.5, 0.6) is 11.5 Å². The molecule has 0 spiro atoms. The van der Waals surface area contributed by atoms with Gasteiger partial charge in [-0.3, -0.25) is 4.79 Å². The number of methoxy groups -OCH3 is 1. The quantitative estimate of drug-likeness (QED) is 0.792. The molecule has 110 valence electrons. The van der Waals surface area contributed by atoms with E-state index >= 15 is 0 Å². The predicted molar refractivity (Wildman–Crippen MR) is 73.3 cm³/mol. The van der Waals surface area contributed by atoms with Crippen LogP contribution in [0.3, 0.4) is 0 Å². The molecule has 0 aromatic heterocycles. The van der Waals surface area contributed by atoms with Crippen LogP contribution >= 0.6 is 0 Å². The molecule has 0 radical (unpaired) electrons. The zero-order chi connectivity index (χ0) is 15.1. The van der Waals surface area contributed by atoms with Crippen LogP contribution in [0.15, 0.2) is 18.2 Å². The number of hydrogen-bond donors (Lipinski definition) is 2. The summed E-state index contributed by atoms with van der Waals surface area (Å²) in [6, 6.07) is 4.23. The van der Waals surface area contributed by atoms with Gasteiger partial charge in [-0.15, -0.1) is 0 Å². The molecule has 0 aliphatic carbocycles. The molecular weight excluding hydrogens is 262 g/mol. The van der Waals surface area contributed by atoms with Crippen molar-refractivity contribution in [1.29, 1.82) is 0 Å². The minimum absolute atomic E-state index is 0.0726. The van der Waals surface area contributed by atoms with Gasteiger partial charge in [-0.05, 0) is 24.1 Å². The number of hydrogen-bond acceptors (Lipinski definition) is 4. The van der Waals surface area contributed by atoms with Crippen molar-refractivity contribution >= 4 is 11.9 Å². The van der Waals surface area contributed by atoms with E-state index in [1.165, 1.54) is 25.3 Å². The summed E-state index contributed by atoms with van der Waals surface area (Å²) in [6.45, 7) is 4.35. The Hall–Kier alpha value is -2.24. The maximum absolute atomic E-state index is 11.5. The van der Waals surface area contributed by atoms with E-state index < -0.39 is 5.97 Å². The number of nitrogens with one attached hydrogen (secondary N) is 1. The van der Waals surface area contributed by atoms with Gasteiger partial charge in [-0.2, -0.15) is 0 Å². The monoisotopic (exact) mass is 281 g/mol. The number of carboxylic acids is 1. The van der Waals surface area contributed by atoms with Gasteiger partial charge >= 0.3 is 5.97 Å². The Morgan fingerprint density at radius 2 is 2.00 bits per heavy atom. The number of aromatic carboxylic acids is 1. The third kappa shape index (κ3) is 4.79. The van der Waals surface area contributed by atoms with E-state index in [0.717, 1.165) is 0 Å². The van der Waals surface area contributed by atoms with Gasteiger partial charge in [0.15, 0.2) is 18.1 Å². The molecule has 1 amide bonds. The Labute approximate surface area is 117 Å². The van der Waals surface area contributed by atoms with Crippen LogP contribution in [0.4, 0.5) is 0 Å². The molecule has 2 N–H and O–H groups in total. The number of rotatable bonds is 7. The number of ether oxygens (including phenoxy) is 2. The molecule has 1 aromatic carbocycles. The fraction of sp³-hybridized carbons (Fsp3) is 0.429. The summed E-state index contributed by atoms with van der Waals surface area (Å²) in [5, 5.41) is 11.6. The van der Waals surface area contributed by atoms with Crippen molar-refractivity contribution in [2.24, 2.45) is 5.92 Å². The maximum Gasteiger partial charge on any atom is 0.335 e. The topological polar surface area (TPSA) is 84.9 Å². The molecule has 0 aliphatic rings. The average molecular weight is 281 g/mol. The van der Waals surface area contributed by atoms with Crippen molar-refractivity contribution in [2.75, 3.05) is 20.3 Å². The van der Waals surface area contributed by atoms with Crippen LogP contribution in [-0.4, -0.2) is 37.2 Å². The Bertz CT molecular complexity index is 484. The van der Waals surface area contributed by atoms with E-state index in [4.69, 9.17) is 14.6 Å². The summed E-state index contributed by atoms with van der Waals surface area (Å²) in [5.41, 5.74) is 0.0726. The fourth-order valence-corrected chi connectivity index (χ4v) is 1.43. The van der Waals surface area contributed by atoms with Gasteiger partial charge in [0.1, 0.15) is 0 Å². The summed E-state index contributed by atoms with van der Waals surface area (Å²) in [6.07, 6.45) is 0. The predicted octanol–water partition coefficient (Wildman–Crippen LogP) is 1.54. The zero-order valence-corrected chi connectivity index (χ0v) is 11.8. The van der Waals surface area contributed by atoms with Crippen molar-refractivity contribution < 1.29 is 24.2 Å². The highest BCUT2D eigenvalue weighted by Crippen LogP contribution is 2.27. The molecule has 1 aromatic rings. The van der Waals surface area contributed by atoms with Crippen molar-refractivity contribution in [3.8, 4) is 11.5 Å². The normalized spacial score (nSPS) is 10.2. The average Bonchev–Trinajstić information content (AvgIpc) is 2.42. The minimum atomic E-state index is -1.07. The first kappa shape index (κ1) is 15.8. The lowest BCUT2D eigenvalue weighted by Crippen LogP contribution is -2.31. The summed E-state index contributed by atoms with van der Waals surface area (Å²) >= 11 is 0. The first-order valence-corrected chi connectivity index (χ1v) is 6.25. The highest BCUT2D eigenvalue weighted by molar-refractivity contribution is 5.88. The Morgan fingerprint density at radius 1 is 1.30 bits per heavy atom. The minimum Gasteiger partial charge on any atom is -0.493 e. The molecule has 0 saturated heterocycles. The maximum atomic E-state index is 11.5. The van der Waals surface area contributed by atoms with Crippen LogP contribution in [0.1, 0.15) is 24.2 Å². The van der Waals surface area contributed by atoms with Crippen molar-refractivity contribution in [3.05, 3.63) is 23.8 Å². The molecule has 6 heteroatoms. The van der Waals surface area contributed by atoms with Crippen molar-refractivity contribution in [3.63, 3.8) is 0 Å². The van der Waals surface area contributed by atoms with Gasteiger partial charge in [0.25, 0.3) is 5.91 Å². The summed E-state index contributed by atoms with van der Waals surface area (Å²) in [5.74, 6) is -0.370.